The van der Waals surface area contributed by atoms with Gasteiger partial charge in [-0.3, -0.25) is 9.78 Å². The van der Waals surface area contributed by atoms with Crippen molar-refractivity contribution in [3.63, 3.8) is 0 Å². The minimum absolute atomic E-state index is 0.00880. The molecule has 1 unspecified atom stereocenters. The van der Waals surface area contributed by atoms with E-state index in [1.807, 2.05) is 6.07 Å². The fourth-order valence-electron chi connectivity index (χ4n) is 3.63. The predicted octanol–water partition coefficient (Wildman–Crippen LogP) is 4.29. The lowest BCUT2D eigenvalue weighted by Gasteiger charge is -2.09. The summed E-state index contributed by atoms with van der Waals surface area (Å²) in [7, 11) is 0. The number of hydrogen-bond donors (Lipinski definition) is 1. The Morgan fingerprint density at radius 2 is 1.97 bits per heavy atom. The molecule has 0 bridgehead atoms. The van der Waals surface area contributed by atoms with E-state index in [2.05, 4.69) is 25.6 Å². The van der Waals surface area contributed by atoms with Gasteiger partial charge in [-0.2, -0.15) is 9.61 Å². The van der Waals surface area contributed by atoms with Crippen molar-refractivity contribution >= 4 is 22.5 Å². The molecule has 0 saturated heterocycles. The Morgan fingerprint density at radius 3 is 2.79 bits per heavy atom. The average Bonchev–Trinajstić information content (AvgIpc) is 3.26. The Labute approximate surface area is 187 Å². The number of nitrogens with one attached hydrogen (secondary N) is 1. The Hall–Kier alpha value is -4.27. The number of halogens is 2. The highest BCUT2D eigenvalue weighted by molar-refractivity contribution is 5.94. The van der Waals surface area contributed by atoms with E-state index in [1.54, 1.807) is 55.6 Å². The molecule has 164 valence electrons. The van der Waals surface area contributed by atoms with Crippen LogP contribution in [0.2, 0.25) is 0 Å². The summed E-state index contributed by atoms with van der Waals surface area (Å²) in [6, 6.07) is 16.3. The van der Waals surface area contributed by atoms with Crippen LogP contribution in [0.25, 0.3) is 27.8 Å². The molecule has 0 spiro atoms. The zero-order valence-electron chi connectivity index (χ0n) is 17.5. The molecule has 5 rings (SSSR count). The molecular formula is C24H18F2N6O. The van der Waals surface area contributed by atoms with Gasteiger partial charge in [0.15, 0.2) is 17.6 Å². The molecule has 0 aliphatic carbocycles. The molecule has 0 aliphatic rings. The number of pyridine rings is 1. The molecule has 0 radical (unpaired) electrons. The number of aromatic nitrogens is 5. The van der Waals surface area contributed by atoms with E-state index in [-0.39, 0.29) is 11.4 Å². The van der Waals surface area contributed by atoms with Gasteiger partial charge in [0.25, 0.3) is 5.91 Å². The maximum Gasteiger partial charge on any atom is 0.254 e. The van der Waals surface area contributed by atoms with Gasteiger partial charge in [-0.1, -0.05) is 18.2 Å². The van der Waals surface area contributed by atoms with Crippen LogP contribution in [-0.2, 0) is 0 Å². The summed E-state index contributed by atoms with van der Waals surface area (Å²) in [5.74, 6) is -1.15. The molecule has 0 fully saturated rings. The van der Waals surface area contributed by atoms with E-state index in [4.69, 9.17) is 0 Å². The van der Waals surface area contributed by atoms with Gasteiger partial charge in [0.05, 0.1) is 16.8 Å². The van der Waals surface area contributed by atoms with E-state index >= 15 is 4.39 Å². The van der Waals surface area contributed by atoms with Crippen LogP contribution < -0.4 is 5.32 Å². The number of nitrogens with zero attached hydrogens (tertiary/aromatic N) is 5. The Kier molecular flexibility index (Phi) is 5.21. The molecule has 2 aromatic carbocycles. The normalized spacial score (nSPS) is 12.2. The van der Waals surface area contributed by atoms with Gasteiger partial charge in [0.1, 0.15) is 5.82 Å². The third-order valence-corrected chi connectivity index (χ3v) is 5.28. The van der Waals surface area contributed by atoms with Gasteiger partial charge < -0.3 is 5.32 Å². The van der Waals surface area contributed by atoms with Crippen molar-refractivity contribution in [2.24, 2.45) is 0 Å². The van der Waals surface area contributed by atoms with E-state index in [1.165, 1.54) is 16.6 Å². The Balaban J connectivity index is 1.52. The largest absolute Gasteiger partial charge is 0.352 e. The van der Waals surface area contributed by atoms with Crippen LogP contribution in [0.15, 0.2) is 66.9 Å². The molecule has 5 aromatic rings. The third kappa shape index (κ3) is 3.78. The fraction of sp³-hybridized carbons (Fsp3) is 0.125. The number of carbonyl (C=O) groups excluding carboxylic acids is 1. The van der Waals surface area contributed by atoms with Crippen molar-refractivity contribution in [3.05, 3.63) is 89.6 Å². The number of fused-ring (bicyclic) bond motifs is 2. The molecule has 0 aliphatic heterocycles. The van der Waals surface area contributed by atoms with Crippen LogP contribution in [-0.4, -0.2) is 37.2 Å². The van der Waals surface area contributed by atoms with Crippen LogP contribution >= 0.6 is 0 Å². The quantitative estimate of drug-likeness (QED) is 0.437. The summed E-state index contributed by atoms with van der Waals surface area (Å²) < 4.78 is 31.3. The molecule has 0 saturated carbocycles. The lowest BCUT2D eigenvalue weighted by molar-refractivity contribution is 0.0952. The highest BCUT2D eigenvalue weighted by Crippen LogP contribution is 2.28. The predicted molar refractivity (Wildman–Crippen MR) is 119 cm³/mol. The molecule has 9 heteroatoms. The van der Waals surface area contributed by atoms with Crippen molar-refractivity contribution < 1.29 is 13.6 Å². The molecule has 1 atom stereocenters. The second-order valence-electron chi connectivity index (χ2n) is 7.42. The smallest absolute Gasteiger partial charge is 0.254 e. The van der Waals surface area contributed by atoms with Crippen molar-refractivity contribution in [3.8, 4) is 11.3 Å². The van der Waals surface area contributed by atoms with Crippen molar-refractivity contribution in [2.45, 2.75) is 13.1 Å². The molecular weight excluding hydrogens is 426 g/mol. The van der Waals surface area contributed by atoms with E-state index in [9.17, 15) is 9.18 Å². The highest BCUT2D eigenvalue weighted by Gasteiger charge is 2.21. The fourth-order valence-corrected chi connectivity index (χ4v) is 3.63. The first-order valence-electron chi connectivity index (χ1n) is 10.3. The lowest BCUT2D eigenvalue weighted by atomic mass is 10.1. The third-order valence-electron chi connectivity index (χ3n) is 5.28. The summed E-state index contributed by atoms with van der Waals surface area (Å²) in [4.78, 5) is 16.2. The number of carbonyl (C=O) groups is 1. The second kappa shape index (κ2) is 8.34. The molecule has 33 heavy (non-hydrogen) atoms. The molecule has 3 heterocycles. The molecule has 3 aromatic heterocycles. The number of rotatable bonds is 5. The summed E-state index contributed by atoms with van der Waals surface area (Å²) in [6.45, 7) is 2.15. The summed E-state index contributed by atoms with van der Waals surface area (Å²) >= 11 is 0. The van der Waals surface area contributed by atoms with Gasteiger partial charge >= 0.3 is 0 Å². The monoisotopic (exact) mass is 444 g/mol. The first-order chi connectivity index (χ1) is 16.0. The first kappa shape index (κ1) is 20.6. The lowest BCUT2D eigenvalue weighted by Crippen LogP contribution is -2.23. The molecule has 1 amide bonds. The zero-order valence-corrected chi connectivity index (χ0v) is 17.5. The standard InChI is InChI=1S/C24H18F2N6O/c1-2-27-24(33)17-7-5-15(13-18(17)25)20-9-10-21-29-30-23(32(21)31-20)22(26)16-6-8-19-14(12-16)4-3-11-28-19/h3-13,22H,2H2,1H3,(H,27,33). The van der Waals surface area contributed by atoms with E-state index in [0.717, 1.165) is 10.9 Å². The van der Waals surface area contributed by atoms with Gasteiger partial charge in [-0.25, -0.2) is 8.78 Å². The topological polar surface area (TPSA) is 85.1 Å². The van der Waals surface area contributed by atoms with E-state index in [0.29, 0.717) is 29.0 Å². The molecule has 1 N–H and O–H groups in total. The SMILES string of the molecule is CCNC(=O)c1ccc(-c2ccc3nnc(C(F)c4ccc5ncccc5c4)n3n2)cc1F. The van der Waals surface area contributed by atoms with Gasteiger partial charge in [0, 0.05) is 23.7 Å². The first-order valence-corrected chi connectivity index (χ1v) is 10.3. The van der Waals surface area contributed by atoms with Crippen LogP contribution in [0.1, 0.15) is 34.8 Å². The number of amides is 1. The van der Waals surface area contributed by atoms with Gasteiger partial charge in [0.2, 0.25) is 0 Å². The number of hydrogen-bond acceptors (Lipinski definition) is 5. The maximum atomic E-state index is 15.5. The average molecular weight is 444 g/mol. The minimum Gasteiger partial charge on any atom is -0.352 e. The number of alkyl halides is 1. The zero-order chi connectivity index (χ0) is 22.9. The second-order valence-corrected chi connectivity index (χ2v) is 7.42. The molecule has 7 nitrogen and oxygen atoms in total. The summed E-state index contributed by atoms with van der Waals surface area (Å²) in [6.07, 6.45) is 0.0991. The van der Waals surface area contributed by atoms with Crippen LogP contribution in [0.3, 0.4) is 0 Å². The number of benzene rings is 2. The maximum absolute atomic E-state index is 15.5. The van der Waals surface area contributed by atoms with Crippen LogP contribution in [0.4, 0.5) is 8.78 Å². The summed E-state index contributed by atoms with van der Waals surface area (Å²) in [5, 5.41) is 15.8. The minimum atomic E-state index is -1.58. The van der Waals surface area contributed by atoms with Crippen molar-refractivity contribution in [1.29, 1.82) is 0 Å². The van der Waals surface area contributed by atoms with Crippen molar-refractivity contribution in [2.75, 3.05) is 6.54 Å². The Bertz CT molecular complexity index is 1500. The van der Waals surface area contributed by atoms with Gasteiger partial charge in [-0.15, -0.1) is 10.2 Å². The Morgan fingerprint density at radius 1 is 1.09 bits per heavy atom. The van der Waals surface area contributed by atoms with Crippen molar-refractivity contribution in [1.82, 2.24) is 30.1 Å². The van der Waals surface area contributed by atoms with E-state index < -0.39 is 17.9 Å². The van der Waals surface area contributed by atoms with Crippen LogP contribution in [0, 0.1) is 5.82 Å². The highest BCUT2D eigenvalue weighted by atomic mass is 19.1. The van der Waals surface area contributed by atoms with Crippen LogP contribution in [0.5, 0.6) is 0 Å². The van der Waals surface area contributed by atoms with Gasteiger partial charge in [-0.05, 0) is 55.0 Å². The summed E-state index contributed by atoms with van der Waals surface area (Å²) in [5.41, 5.74) is 2.29.